The third kappa shape index (κ3) is 1.97. The Labute approximate surface area is 104 Å². The quantitative estimate of drug-likeness (QED) is 0.899. The average Bonchev–Trinajstić information content (AvgIpc) is 2.97. The predicted molar refractivity (Wildman–Crippen MR) is 69.3 cm³/mol. The van der Waals surface area contributed by atoms with Crippen LogP contribution in [0.3, 0.4) is 0 Å². The monoisotopic (exact) mass is 249 g/mol. The molecular formula is C11H15N5S. The third-order valence-electron chi connectivity index (χ3n) is 3.29. The number of hydrogen-bond donors (Lipinski definition) is 1. The van der Waals surface area contributed by atoms with Crippen molar-refractivity contribution >= 4 is 23.2 Å². The first-order chi connectivity index (χ1) is 8.38. The van der Waals surface area contributed by atoms with Gasteiger partial charge in [-0.2, -0.15) is 11.8 Å². The van der Waals surface area contributed by atoms with Crippen LogP contribution in [-0.2, 0) is 0 Å². The topological polar surface area (TPSA) is 55.1 Å². The molecule has 1 aliphatic rings. The number of thioether (sulfide) groups is 1. The molecular weight excluding hydrogens is 234 g/mol. The lowest BCUT2D eigenvalue weighted by molar-refractivity contribution is 0.763. The summed E-state index contributed by atoms with van der Waals surface area (Å²) in [5.41, 5.74) is 0.805. The lowest BCUT2D eigenvalue weighted by Gasteiger charge is -2.19. The summed E-state index contributed by atoms with van der Waals surface area (Å²) >= 11 is 1.93. The van der Waals surface area contributed by atoms with E-state index >= 15 is 0 Å². The van der Waals surface area contributed by atoms with Gasteiger partial charge >= 0.3 is 0 Å². The van der Waals surface area contributed by atoms with E-state index in [0.29, 0.717) is 11.3 Å². The lowest BCUT2D eigenvalue weighted by atomic mass is 10.2. The van der Waals surface area contributed by atoms with Gasteiger partial charge in [-0.25, -0.2) is 4.98 Å². The van der Waals surface area contributed by atoms with Crippen LogP contribution in [0.5, 0.6) is 0 Å². The minimum absolute atomic E-state index is 0.500. The largest absolute Gasteiger partial charge is 0.363 e. The molecule has 2 heterocycles. The number of fused-ring (bicyclic) bond motifs is 1. The van der Waals surface area contributed by atoms with Crippen molar-refractivity contribution < 1.29 is 0 Å². The number of hydrogen-bond acceptors (Lipinski definition) is 5. The molecule has 0 saturated heterocycles. The van der Waals surface area contributed by atoms with Crippen LogP contribution in [0.1, 0.15) is 19.3 Å². The second kappa shape index (κ2) is 4.52. The van der Waals surface area contributed by atoms with E-state index in [-0.39, 0.29) is 0 Å². The minimum atomic E-state index is 0.500. The van der Waals surface area contributed by atoms with Gasteiger partial charge in [0.1, 0.15) is 6.33 Å². The summed E-state index contributed by atoms with van der Waals surface area (Å²) in [6.45, 7) is 0. The van der Waals surface area contributed by atoms with E-state index in [2.05, 4.69) is 26.8 Å². The fourth-order valence-electron chi connectivity index (χ4n) is 2.41. The molecule has 6 heteroatoms. The average molecular weight is 249 g/mol. The molecule has 1 fully saturated rings. The Morgan fingerprint density at radius 3 is 3.29 bits per heavy atom. The molecule has 0 spiro atoms. The number of nitrogens with zero attached hydrogens (tertiary/aromatic N) is 4. The number of rotatable bonds is 3. The zero-order valence-electron chi connectivity index (χ0n) is 9.71. The molecule has 2 unspecified atom stereocenters. The summed E-state index contributed by atoms with van der Waals surface area (Å²) < 4.78 is 1.89. The van der Waals surface area contributed by atoms with Crippen molar-refractivity contribution in [2.45, 2.75) is 30.6 Å². The van der Waals surface area contributed by atoms with Crippen molar-refractivity contribution in [2.75, 3.05) is 11.6 Å². The van der Waals surface area contributed by atoms with E-state index in [1.54, 1.807) is 12.5 Å². The Hall–Kier alpha value is -1.30. The maximum Gasteiger partial charge on any atom is 0.203 e. The SMILES string of the molecule is CSC1CCCC1Nc1nccn2cnnc12. The summed E-state index contributed by atoms with van der Waals surface area (Å²) in [4.78, 5) is 4.37. The smallest absolute Gasteiger partial charge is 0.203 e. The molecule has 0 amide bonds. The van der Waals surface area contributed by atoms with Crippen LogP contribution < -0.4 is 5.32 Å². The molecule has 1 aliphatic carbocycles. The summed E-state index contributed by atoms with van der Waals surface area (Å²) in [7, 11) is 0. The molecule has 0 aliphatic heterocycles. The predicted octanol–water partition coefficient (Wildman–Crippen LogP) is 1.82. The van der Waals surface area contributed by atoms with Crippen LogP contribution in [0.15, 0.2) is 18.7 Å². The highest BCUT2D eigenvalue weighted by atomic mass is 32.2. The molecule has 5 nitrogen and oxygen atoms in total. The van der Waals surface area contributed by atoms with Gasteiger partial charge in [0.2, 0.25) is 5.65 Å². The molecule has 2 aromatic rings. The van der Waals surface area contributed by atoms with Crippen molar-refractivity contribution in [3.05, 3.63) is 18.7 Å². The molecule has 0 aromatic carbocycles. The number of anilines is 1. The van der Waals surface area contributed by atoms with E-state index in [1.165, 1.54) is 19.3 Å². The standard InChI is InChI=1S/C11H15N5S/c1-17-9-4-2-3-8(9)14-10-11-15-13-7-16(11)6-5-12-10/h5-9H,2-4H2,1H3,(H,12,14). The van der Waals surface area contributed by atoms with Crippen molar-refractivity contribution in [2.24, 2.45) is 0 Å². The van der Waals surface area contributed by atoms with Gasteiger partial charge in [-0.1, -0.05) is 6.42 Å². The number of nitrogens with one attached hydrogen (secondary N) is 1. The first-order valence-electron chi connectivity index (χ1n) is 5.82. The van der Waals surface area contributed by atoms with E-state index in [0.717, 1.165) is 11.5 Å². The lowest BCUT2D eigenvalue weighted by Crippen LogP contribution is -2.26. The van der Waals surface area contributed by atoms with Gasteiger partial charge in [-0.3, -0.25) is 4.40 Å². The molecule has 2 atom stereocenters. The summed E-state index contributed by atoms with van der Waals surface area (Å²) in [5, 5.41) is 12.2. The Morgan fingerprint density at radius 1 is 1.47 bits per heavy atom. The van der Waals surface area contributed by atoms with Crippen LogP contribution in [0.2, 0.25) is 0 Å². The molecule has 1 saturated carbocycles. The van der Waals surface area contributed by atoms with Gasteiger partial charge in [0.05, 0.1) is 0 Å². The maximum atomic E-state index is 4.37. The Morgan fingerprint density at radius 2 is 2.41 bits per heavy atom. The fraction of sp³-hybridized carbons (Fsp3) is 0.545. The van der Waals surface area contributed by atoms with Crippen LogP contribution in [-0.4, -0.2) is 37.1 Å². The van der Waals surface area contributed by atoms with Gasteiger partial charge in [0.15, 0.2) is 5.82 Å². The van der Waals surface area contributed by atoms with Crippen molar-refractivity contribution in [1.82, 2.24) is 19.6 Å². The normalized spacial score (nSPS) is 24.3. The first kappa shape index (κ1) is 10.8. The highest BCUT2D eigenvalue weighted by molar-refractivity contribution is 7.99. The molecule has 2 aromatic heterocycles. The van der Waals surface area contributed by atoms with E-state index in [1.807, 2.05) is 22.4 Å². The van der Waals surface area contributed by atoms with Crippen LogP contribution in [0.4, 0.5) is 5.82 Å². The zero-order chi connectivity index (χ0) is 11.7. The van der Waals surface area contributed by atoms with Gasteiger partial charge < -0.3 is 5.32 Å². The Balaban J connectivity index is 1.87. The van der Waals surface area contributed by atoms with Crippen LogP contribution >= 0.6 is 11.8 Å². The van der Waals surface area contributed by atoms with Gasteiger partial charge in [-0.15, -0.1) is 10.2 Å². The maximum absolute atomic E-state index is 4.37. The van der Waals surface area contributed by atoms with Crippen LogP contribution in [0.25, 0.3) is 5.65 Å². The zero-order valence-corrected chi connectivity index (χ0v) is 10.5. The Bertz CT molecular complexity index is 511. The van der Waals surface area contributed by atoms with Gasteiger partial charge in [0, 0.05) is 23.7 Å². The summed E-state index contributed by atoms with van der Waals surface area (Å²) in [6, 6.07) is 0.500. The molecule has 17 heavy (non-hydrogen) atoms. The van der Waals surface area contributed by atoms with Gasteiger partial charge in [-0.05, 0) is 19.1 Å². The van der Waals surface area contributed by atoms with E-state index in [9.17, 15) is 0 Å². The molecule has 90 valence electrons. The second-order valence-electron chi connectivity index (χ2n) is 4.29. The summed E-state index contributed by atoms with van der Waals surface area (Å²) in [5.74, 6) is 0.843. The minimum Gasteiger partial charge on any atom is -0.363 e. The molecule has 0 bridgehead atoms. The third-order valence-corrected chi connectivity index (χ3v) is 4.46. The van der Waals surface area contributed by atoms with E-state index in [4.69, 9.17) is 0 Å². The van der Waals surface area contributed by atoms with Crippen molar-refractivity contribution in [3.8, 4) is 0 Å². The van der Waals surface area contributed by atoms with Crippen molar-refractivity contribution in [3.63, 3.8) is 0 Å². The fourth-order valence-corrected chi connectivity index (χ4v) is 3.34. The van der Waals surface area contributed by atoms with E-state index < -0.39 is 0 Å². The first-order valence-corrected chi connectivity index (χ1v) is 7.11. The highest BCUT2D eigenvalue weighted by Crippen LogP contribution is 2.30. The molecule has 0 radical (unpaired) electrons. The van der Waals surface area contributed by atoms with Crippen molar-refractivity contribution in [1.29, 1.82) is 0 Å². The molecule has 3 rings (SSSR count). The van der Waals surface area contributed by atoms with Crippen LogP contribution in [0, 0.1) is 0 Å². The second-order valence-corrected chi connectivity index (χ2v) is 5.37. The highest BCUT2D eigenvalue weighted by Gasteiger charge is 2.27. The Kier molecular flexibility index (Phi) is 2.88. The molecule has 1 N–H and O–H groups in total. The number of aromatic nitrogens is 4. The van der Waals surface area contributed by atoms with Gasteiger partial charge in [0.25, 0.3) is 0 Å². The summed E-state index contributed by atoms with van der Waals surface area (Å²) in [6.07, 6.45) is 11.3.